The Bertz CT molecular complexity index is 1170. The minimum absolute atomic E-state index is 0.189. The van der Waals surface area contributed by atoms with Crippen LogP contribution in [0.5, 0.6) is 0 Å². The van der Waals surface area contributed by atoms with Crippen molar-refractivity contribution in [3.8, 4) is 0 Å². The van der Waals surface area contributed by atoms with Gasteiger partial charge in [0, 0.05) is 43.5 Å². The number of rotatable bonds is 4. The van der Waals surface area contributed by atoms with Gasteiger partial charge >= 0.3 is 0 Å². The lowest BCUT2D eigenvalue weighted by Crippen LogP contribution is -2.41. The van der Waals surface area contributed by atoms with E-state index in [4.69, 9.17) is 4.74 Å². The van der Waals surface area contributed by atoms with Crippen LogP contribution in [0, 0.1) is 0 Å². The first kappa shape index (κ1) is 18.7. The fourth-order valence-corrected chi connectivity index (χ4v) is 4.26. The van der Waals surface area contributed by atoms with Crippen molar-refractivity contribution in [2.75, 3.05) is 39.4 Å². The van der Waals surface area contributed by atoms with Gasteiger partial charge in [-0.15, -0.1) is 0 Å². The SMILES string of the molecule is O=C1c2ccccc2C(=O)c2c1c(C(=O)NCCN1CCOCC1)c1ccccn21. The fourth-order valence-electron chi connectivity index (χ4n) is 4.26. The van der Waals surface area contributed by atoms with Crippen LogP contribution in [0.2, 0.25) is 0 Å². The molecule has 1 fully saturated rings. The molecule has 30 heavy (non-hydrogen) atoms. The molecule has 0 bridgehead atoms. The molecule has 0 radical (unpaired) electrons. The number of amides is 1. The molecule has 2 aliphatic rings. The summed E-state index contributed by atoms with van der Waals surface area (Å²) in [5, 5.41) is 2.94. The van der Waals surface area contributed by atoms with Gasteiger partial charge in [0.05, 0.1) is 29.9 Å². The van der Waals surface area contributed by atoms with Crippen LogP contribution < -0.4 is 5.32 Å². The van der Waals surface area contributed by atoms with E-state index in [1.54, 1.807) is 53.1 Å². The highest BCUT2D eigenvalue weighted by Gasteiger charge is 2.37. The number of nitrogens with one attached hydrogen (secondary N) is 1. The van der Waals surface area contributed by atoms with Crippen molar-refractivity contribution in [1.82, 2.24) is 14.6 Å². The summed E-state index contributed by atoms with van der Waals surface area (Å²) in [6.45, 7) is 4.23. The molecule has 1 N–H and O–H groups in total. The molecule has 3 heterocycles. The number of ketones is 2. The summed E-state index contributed by atoms with van der Waals surface area (Å²) in [5.41, 5.74) is 1.98. The fraction of sp³-hybridized carbons (Fsp3) is 0.261. The van der Waals surface area contributed by atoms with E-state index >= 15 is 0 Å². The van der Waals surface area contributed by atoms with Crippen molar-refractivity contribution in [3.63, 3.8) is 0 Å². The van der Waals surface area contributed by atoms with Gasteiger partial charge in [0.1, 0.15) is 5.69 Å². The van der Waals surface area contributed by atoms with E-state index in [1.165, 1.54) is 0 Å². The monoisotopic (exact) mass is 403 g/mol. The Morgan fingerprint density at radius 1 is 0.967 bits per heavy atom. The Morgan fingerprint density at radius 3 is 2.43 bits per heavy atom. The lowest BCUT2D eigenvalue weighted by molar-refractivity contribution is 0.0383. The van der Waals surface area contributed by atoms with E-state index in [1.807, 2.05) is 0 Å². The molecule has 0 saturated carbocycles. The number of carbonyl (C=O) groups excluding carboxylic acids is 3. The summed E-state index contributed by atoms with van der Waals surface area (Å²) in [6, 6.07) is 12.1. The van der Waals surface area contributed by atoms with E-state index in [2.05, 4.69) is 10.2 Å². The largest absolute Gasteiger partial charge is 0.379 e. The Morgan fingerprint density at radius 2 is 1.67 bits per heavy atom. The van der Waals surface area contributed by atoms with E-state index in [-0.39, 0.29) is 34.3 Å². The minimum Gasteiger partial charge on any atom is -0.379 e. The van der Waals surface area contributed by atoms with Crippen LogP contribution in [0.4, 0.5) is 0 Å². The summed E-state index contributed by atoms with van der Waals surface area (Å²) in [6.07, 6.45) is 1.72. The quantitative estimate of drug-likeness (QED) is 0.562. The maximum Gasteiger partial charge on any atom is 0.254 e. The van der Waals surface area contributed by atoms with Crippen molar-refractivity contribution >= 4 is 23.0 Å². The number of fused-ring (bicyclic) bond motifs is 4. The molecule has 1 aliphatic carbocycles. The second-order valence-corrected chi connectivity index (χ2v) is 7.47. The lowest BCUT2D eigenvalue weighted by atomic mass is 9.86. The van der Waals surface area contributed by atoms with Crippen molar-refractivity contribution < 1.29 is 19.1 Å². The molecule has 5 rings (SSSR count). The summed E-state index contributed by atoms with van der Waals surface area (Å²) in [5.74, 6) is -0.871. The average molecular weight is 403 g/mol. The number of pyridine rings is 1. The summed E-state index contributed by atoms with van der Waals surface area (Å²) in [4.78, 5) is 41.9. The number of nitrogens with zero attached hydrogens (tertiary/aromatic N) is 2. The van der Waals surface area contributed by atoms with E-state index in [0.29, 0.717) is 42.9 Å². The zero-order chi connectivity index (χ0) is 20.7. The molecule has 2 aromatic heterocycles. The highest BCUT2D eigenvalue weighted by atomic mass is 16.5. The number of hydrogen-bond acceptors (Lipinski definition) is 5. The molecule has 1 amide bonds. The van der Waals surface area contributed by atoms with Gasteiger partial charge in [-0.3, -0.25) is 19.3 Å². The van der Waals surface area contributed by atoms with Crippen LogP contribution in [-0.4, -0.2) is 66.2 Å². The normalized spacial score (nSPS) is 16.4. The predicted molar refractivity (Wildman–Crippen MR) is 110 cm³/mol. The zero-order valence-corrected chi connectivity index (χ0v) is 16.4. The van der Waals surface area contributed by atoms with Crippen molar-refractivity contribution in [2.24, 2.45) is 0 Å². The van der Waals surface area contributed by atoms with Gasteiger partial charge in [-0.1, -0.05) is 30.3 Å². The predicted octanol–water partition coefficient (Wildman–Crippen LogP) is 1.78. The van der Waals surface area contributed by atoms with Crippen molar-refractivity contribution in [1.29, 1.82) is 0 Å². The van der Waals surface area contributed by atoms with Crippen LogP contribution in [0.25, 0.3) is 5.52 Å². The van der Waals surface area contributed by atoms with Gasteiger partial charge in [0.2, 0.25) is 5.78 Å². The molecular weight excluding hydrogens is 382 g/mol. The molecule has 152 valence electrons. The van der Waals surface area contributed by atoms with Crippen LogP contribution in [0.15, 0.2) is 48.7 Å². The molecule has 1 aromatic carbocycles. The third-order valence-electron chi connectivity index (χ3n) is 5.75. The third kappa shape index (κ3) is 2.94. The standard InChI is InChI=1S/C23H21N3O4/c27-21-15-5-1-2-6-16(15)22(28)20-19(21)18(17-7-3-4-9-26(17)20)23(29)24-8-10-25-11-13-30-14-12-25/h1-7,9H,8,10-14H2,(H,24,29). The molecule has 1 aliphatic heterocycles. The first-order valence-electron chi connectivity index (χ1n) is 10.1. The number of morpholine rings is 1. The Hall–Kier alpha value is -3.29. The maximum absolute atomic E-state index is 13.3. The number of hydrogen-bond donors (Lipinski definition) is 1. The van der Waals surface area contributed by atoms with Crippen molar-refractivity contribution in [3.05, 3.63) is 76.6 Å². The molecule has 0 atom stereocenters. The highest BCUT2D eigenvalue weighted by Crippen LogP contribution is 2.33. The van der Waals surface area contributed by atoms with E-state index in [9.17, 15) is 14.4 Å². The summed E-state index contributed by atoms with van der Waals surface area (Å²) >= 11 is 0. The Labute approximate surface area is 173 Å². The summed E-state index contributed by atoms with van der Waals surface area (Å²) in [7, 11) is 0. The second kappa shape index (κ2) is 7.51. The number of ether oxygens (including phenoxy) is 1. The van der Waals surface area contributed by atoms with Gasteiger partial charge in [-0.25, -0.2) is 0 Å². The Kier molecular flexibility index (Phi) is 4.69. The number of carbonyl (C=O) groups is 3. The maximum atomic E-state index is 13.3. The molecule has 7 nitrogen and oxygen atoms in total. The molecule has 3 aromatic rings. The average Bonchev–Trinajstić information content (AvgIpc) is 3.14. The van der Waals surface area contributed by atoms with Gasteiger partial charge in [-0.2, -0.15) is 0 Å². The van der Waals surface area contributed by atoms with E-state index in [0.717, 1.165) is 13.1 Å². The second-order valence-electron chi connectivity index (χ2n) is 7.47. The third-order valence-corrected chi connectivity index (χ3v) is 5.75. The molecule has 0 spiro atoms. The minimum atomic E-state index is -0.339. The lowest BCUT2D eigenvalue weighted by Gasteiger charge is -2.26. The van der Waals surface area contributed by atoms with Gasteiger partial charge in [0.25, 0.3) is 5.91 Å². The molecule has 7 heteroatoms. The van der Waals surface area contributed by atoms with Gasteiger partial charge in [0.15, 0.2) is 5.78 Å². The van der Waals surface area contributed by atoms with Gasteiger partial charge in [-0.05, 0) is 12.1 Å². The molecule has 1 saturated heterocycles. The first-order chi connectivity index (χ1) is 14.7. The van der Waals surface area contributed by atoms with Crippen molar-refractivity contribution in [2.45, 2.75) is 0 Å². The van der Waals surface area contributed by atoms with Crippen LogP contribution >= 0.6 is 0 Å². The summed E-state index contributed by atoms with van der Waals surface area (Å²) < 4.78 is 7.00. The Balaban J connectivity index is 1.52. The number of aromatic nitrogens is 1. The smallest absolute Gasteiger partial charge is 0.254 e. The van der Waals surface area contributed by atoms with Crippen LogP contribution in [0.3, 0.4) is 0 Å². The van der Waals surface area contributed by atoms with Crippen LogP contribution in [0.1, 0.15) is 42.3 Å². The highest BCUT2D eigenvalue weighted by molar-refractivity contribution is 6.32. The van der Waals surface area contributed by atoms with Gasteiger partial charge < -0.3 is 14.5 Å². The zero-order valence-electron chi connectivity index (χ0n) is 16.4. The first-order valence-corrected chi connectivity index (χ1v) is 10.1. The number of benzene rings is 1. The molecule has 0 unspecified atom stereocenters. The molecular formula is C23H21N3O4. The topological polar surface area (TPSA) is 80.1 Å². The van der Waals surface area contributed by atoms with Crippen LogP contribution in [-0.2, 0) is 4.74 Å². The van der Waals surface area contributed by atoms with E-state index < -0.39 is 0 Å².